The highest BCUT2D eigenvalue weighted by Crippen LogP contribution is 2.21. The number of rotatable bonds is 2. The summed E-state index contributed by atoms with van der Waals surface area (Å²) < 4.78 is 3.14. The molecule has 25 heavy (non-hydrogen) atoms. The Bertz CT molecular complexity index is 1210. The molecular formula is C18H12Br2N4O. The van der Waals surface area contributed by atoms with Gasteiger partial charge in [-0.3, -0.25) is 4.79 Å². The molecule has 0 amide bonds. The number of aromatic amines is 1. The lowest BCUT2D eigenvalue weighted by atomic mass is 10.2. The van der Waals surface area contributed by atoms with Crippen molar-refractivity contribution in [2.75, 3.05) is 0 Å². The lowest BCUT2D eigenvalue weighted by molar-refractivity contribution is 0.771. The molecule has 7 heteroatoms. The lowest BCUT2D eigenvalue weighted by Gasteiger charge is -2.05. The van der Waals surface area contributed by atoms with Gasteiger partial charge in [0.15, 0.2) is 0 Å². The first kappa shape index (κ1) is 16.2. The maximum Gasteiger partial charge on any atom is 0.282 e. The number of benzene rings is 2. The predicted molar refractivity (Wildman–Crippen MR) is 107 cm³/mol. The quantitative estimate of drug-likeness (QED) is 0.445. The molecule has 0 fully saturated rings. The van der Waals surface area contributed by atoms with Crippen molar-refractivity contribution in [2.45, 2.75) is 6.92 Å². The van der Waals surface area contributed by atoms with Crippen molar-refractivity contribution in [2.24, 2.45) is 5.10 Å². The van der Waals surface area contributed by atoms with Crippen molar-refractivity contribution in [3.8, 4) is 0 Å². The minimum absolute atomic E-state index is 0.193. The Balaban J connectivity index is 1.85. The zero-order chi connectivity index (χ0) is 17.6. The van der Waals surface area contributed by atoms with Gasteiger partial charge in [0.2, 0.25) is 0 Å². The van der Waals surface area contributed by atoms with E-state index in [1.165, 1.54) is 4.68 Å². The number of aryl methyl sites for hydroxylation is 1. The van der Waals surface area contributed by atoms with Gasteiger partial charge in [-0.05, 0) is 43.3 Å². The van der Waals surface area contributed by atoms with Crippen LogP contribution in [-0.2, 0) is 0 Å². The summed E-state index contributed by atoms with van der Waals surface area (Å²) in [6, 6.07) is 11.4. The maximum atomic E-state index is 12.8. The predicted octanol–water partition coefficient (Wildman–Crippen LogP) is 4.59. The Labute approximate surface area is 159 Å². The molecule has 0 aliphatic carbocycles. The molecule has 0 radical (unpaired) electrons. The van der Waals surface area contributed by atoms with Gasteiger partial charge in [-0.15, -0.1) is 0 Å². The Hall–Kier alpha value is -2.25. The fraction of sp³-hybridized carbons (Fsp3) is 0.0556. The van der Waals surface area contributed by atoms with Crippen molar-refractivity contribution in [1.82, 2.24) is 14.6 Å². The first-order chi connectivity index (χ1) is 12.0. The number of fused-ring (bicyclic) bond motifs is 2. The summed E-state index contributed by atoms with van der Waals surface area (Å²) in [7, 11) is 0. The summed E-state index contributed by atoms with van der Waals surface area (Å²) in [6.45, 7) is 1.77. The summed E-state index contributed by atoms with van der Waals surface area (Å²) in [5.41, 5.74) is 2.38. The number of nitrogens with zero attached hydrogens (tertiary/aromatic N) is 3. The number of hydrogen-bond donors (Lipinski definition) is 1. The van der Waals surface area contributed by atoms with E-state index in [0.717, 1.165) is 25.4 Å². The molecule has 1 N–H and O–H groups in total. The fourth-order valence-electron chi connectivity index (χ4n) is 2.74. The second-order valence-electron chi connectivity index (χ2n) is 5.62. The molecule has 4 rings (SSSR count). The third-order valence-corrected chi connectivity index (χ3v) is 4.94. The van der Waals surface area contributed by atoms with E-state index in [2.05, 4.69) is 46.9 Å². The highest BCUT2D eigenvalue weighted by Gasteiger charge is 2.08. The zero-order valence-electron chi connectivity index (χ0n) is 13.1. The Kier molecular flexibility index (Phi) is 4.05. The lowest BCUT2D eigenvalue weighted by Crippen LogP contribution is -2.20. The van der Waals surface area contributed by atoms with E-state index in [4.69, 9.17) is 0 Å². The molecule has 0 aliphatic rings. The van der Waals surface area contributed by atoms with Gasteiger partial charge < -0.3 is 4.98 Å². The molecule has 0 saturated carbocycles. The smallest absolute Gasteiger partial charge is 0.282 e. The normalized spacial score (nSPS) is 11.8. The van der Waals surface area contributed by atoms with Gasteiger partial charge in [0.1, 0.15) is 5.82 Å². The van der Waals surface area contributed by atoms with Gasteiger partial charge in [0, 0.05) is 31.6 Å². The second-order valence-corrected chi connectivity index (χ2v) is 7.45. The van der Waals surface area contributed by atoms with Crippen LogP contribution >= 0.6 is 31.9 Å². The summed E-state index contributed by atoms with van der Waals surface area (Å²) in [5, 5.41) is 5.93. The Morgan fingerprint density at radius 2 is 1.84 bits per heavy atom. The summed E-state index contributed by atoms with van der Waals surface area (Å²) in [6.07, 6.45) is 3.54. The minimum atomic E-state index is -0.193. The van der Waals surface area contributed by atoms with Crippen LogP contribution in [0, 0.1) is 6.92 Å². The van der Waals surface area contributed by atoms with Gasteiger partial charge in [0.05, 0.1) is 17.1 Å². The van der Waals surface area contributed by atoms with E-state index in [1.807, 2.05) is 36.5 Å². The number of hydrogen-bond acceptors (Lipinski definition) is 3. The van der Waals surface area contributed by atoms with Crippen LogP contribution in [0.2, 0.25) is 0 Å². The molecule has 0 unspecified atom stereocenters. The highest BCUT2D eigenvalue weighted by atomic mass is 79.9. The van der Waals surface area contributed by atoms with E-state index in [1.54, 1.807) is 19.2 Å². The molecular weight excluding hydrogens is 448 g/mol. The van der Waals surface area contributed by atoms with Crippen molar-refractivity contribution in [1.29, 1.82) is 0 Å². The molecule has 0 atom stereocenters. The summed E-state index contributed by atoms with van der Waals surface area (Å²) >= 11 is 6.87. The minimum Gasteiger partial charge on any atom is -0.361 e. The van der Waals surface area contributed by atoms with Crippen LogP contribution in [0.4, 0.5) is 0 Å². The van der Waals surface area contributed by atoms with E-state index >= 15 is 0 Å². The Morgan fingerprint density at radius 3 is 2.64 bits per heavy atom. The highest BCUT2D eigenvalue weighted by molar-refractivity contribution is 9.10. The zero-order valence-corrected chi connectivity index (χ0v) is 16.3. The van der Waals surface area contributed by atoms with Crippen molar-refractivity contribution in [3.05, 3.63) is 73.3 Å². The standard InChI is InChI=1S/C18H12Br2N4O/c1-10-23-17-5-3-13(20)7-15(17)18(25)24(10)22-9-11-8-21-16-4-2-12(19)6-14(11)16/h2-9,21H,1H3. The van der Waals surface area contributed by atoms with E-state index in [9.17, 15) is 4.79 Å². The third-order valence-electron chi connectivity index (χ3n) is 3.96. The SMILES string of the molecule is Cc1nc2ccc(Br)cc2c(=O)n1N=Cc1c[nH]c2ccc(Br)cc12. The van der Waals surface area contributed by atoms with Gasteiger partial charge in [-0.1, -0.05) is 31.9 Å². The fourth-order valence-corrected chi connectivity index (χ4v) is 3.46. The van der Waals surface area contributed by atoms with Crippen LogP contribution < -0.4 is 5.56 Å². The molecule has 2 aromatic heterocycles. The molecule has 2 heterocycles. The monoisotopic (exact) mass is 458 g/mol. The second kappa shape index (κ2) is 6.24. The number of H-pyrrole nitrogens is 1. The molecule has 2 aromatic carbocycles. The average molecular weight is 460 g/mol. The van der Waals surface area contributed by atoms with Crippen molar-refractivity contribution in [3.63, 3.8) is 0 Å². The molecule has 5 nitrogen and oxygen atoms in total. The van der Waals surface area contributed by atoms with Crippen molar-refractivity contribution < 1.29 is 0 Å². The van der Waals surface area contributed by atoms with Crippen LogP contribution in [0.1, 0.15) is 11.4 Å². The van der Waals surface area contributed by atoms with E-state index in [0.29, 0.717) is 16.7 Å². The molecule has 0 aliphatic heterocycles. The molecule has 0 spiro atoms. The maximum absolute atomic E-state index is 12.8. The molecule has 4 aromatic rings. The Morgan fingerprint density at radius 1 is 1.12 bits per heavy atom. The molecule has 0 bridgehead atoms. The van der Waals surface area contributed by atoms with Gasteiger partial charge in [0.25, 0.3) is 5.56 Å². The van der Waals surface area contributed by atoms with Crippen LogP contribution in [0.25, 0.3) is 21.8 Å². The topological polar surface area (TPSA) is 63.0 Å². The molecule has 124 valence electrons. The number of aromatic nitrogens is 3. The van der Waals surface area contributed by atoms with Crippen LogP contribution in [-0.4, -0.2) is 20.9 Å². The van der Waals surface area contributed by atoms with Gasteiger partial charge in [-0.2, -0.15) is 9.78 Å². The molecule has 0 saturated heterocycles. The van der Waals surface area contributed by atoms with Crippen LogP contribution in [0.3, 0.4) is 0 Å². The van der Waals surface area contributed by atoms with E-state index < -0.39 is 0 Å². The van der Waals surface area contributed by atoms with E-state index in [-0.39, 0.29) is 5.56 Å². The van der Waals surface area contributed by atoms with Gasteiger partial charge in [-0.25, -0.2) is 4.98 Å². The van der Waals surface area contributed by atoms with Crippen molar-refractivity contribution >= 4 is 59.9 Å². The van der Waals surface area contributed by atoms with Crippen LogP contribution in [0.15, 0.2) is 61.4 Å². The summed E-state index contributed by atoms with van der Waals surface area (Å²) in [4.78, 5) is 20.4. The number of halogens is 2. The third kappa shape index (κ3) is 2.94. The van der Waals surface area contributed by atoms with Gasteiger partial charge >= 0.3 is 0 Å². The summed E-state index contributed by atoms with van der Waals surface area (Å²) in [5.74, 6) is 0.539. The number of nitrogens with one attached hydrogen (secondary N) is 1. The van der Waals surface area contributed by atoms with Crippen LogP contribution in [0.5, 0.6) is 0 Å². The largest absolute Gasteiger partial charge is 0.361 e. The average Bonchev–Trinajstić information content (AvgIpc) is 2.98. The first-order valence-electron chi connectivity index (χ1n) is 7.53. The first-order valence-corrected chi connectivity index (χ1v) is 9.11.